The van der Waals surface area contributed by atoms with Crippen LogP contribution in [0.25, 0.3) is 5.57 Å². The van der Waals surface area contributed by atoms with Crippen molar-refractivity contribution in [2.45, 2.75) is 52.9 Å². The van der Waals surface area contributed by atoms with Crippen LogP contribution >= 0.6 is 0 Å². The fourth-order valence-corrected chi connectivity index (χ4v) is 3.99. The molecule has 2 heterocycles. The van der Waals surface area contributed by atoms with Crippen molar-refractivity contribution in [1.29, 1.82) is 0 Å². The number of nitrogens with two attached hydrogens (primary N) is 1. The third-order valence-corrected chi connectivity index (χ3v) is 5.52. The van der Waals surface area contributed by atoms with E-state index >= 15 is 0 Å². The van der Waals surface area contributed by atoms with Gasteiger partial charge in [-0.05, 0) is 54.9 Å². The van der Waals surface area contributed by atoms with Crippen molar-refractivity contribution in [1.82, 2.24) is 15.2 Å². The van der Waals surface area contributed by atoms with Gasteiger partial charge >= 0.3 is 6.03 Å². The van der Waals surface area contributed by atoms with Gasteiger partial charge < -0.3 is 16.0 Å². The summed E-state index contributed by atoms with van der Waals surface area (Å²) >= 11 is 0. The number of hydrogen-bond donors (Lipinski definition) is 2. The fraction of sp³-hybridized carbons (Fsp3) is 0.478. The summed E-state index contributed by atoms with van der Waals surface area (Å²) in [7, 11) is 0. The Hall–Kier alpha value is -2.56. The SMILES string of the molecule is C=C(NC(=O)N1CCC(CCC)(CCC)C1)/C(N)=C\C=C(/C)c1cccnc1. The van der Waals surface area contributed by atoms with Crippen LogP contribution in [0.3, 0.4) is 0 Å². The van der Waals surface area contributed by atoms with Crippen molar-refractivity contribution in [2.75, 3.05) is 13.1 Å². The van der Waals surface area contributed by atoms with Gasteiger partial charge in [0.25, 0.3) is 0 Å². The van der Waals surface area contributed by atoms with Gasteiger partial charge in [0.1, 0.15) is 0 Å². The summed E-state index contributed by atoms with van der Waals surface area (Å²) in [4.78, 5) is 18.7. The van der Waals surface area contributed by atoms with E-state index in [4.69, 9.17) is 5.73 Å². The van der Waals surface area contributed by atoms with Crippen LogP contribution in [0.2, 0.25) is 0 Å². The second-order valence-electron chi connectivity index (χ2n) is 7.79. The van der Waals surface area contributed by atoms with Gasteiger partial charge in [-0.25, -0.2) is 4.79 Å². The number of pyridine rings is 1. The van der Waals surface area contributed by atoms with Gasteiger partial charge in [0.15, 0.2) is 0 Å². The van der Waals surface area contributed by atoms with Crippen LogP contribution < -0.4 is 11.1 Å². The average molecular weight is 383 g/mol. The van der Waals surface area contributed by atoms with Gasteiger partial charge in [0.2, 0.25) is 0 Å². The maximum Gasteiger partial charge on any atom is 0.321 e. The summed E-state index contributed by atoms with van der Waals surface area (Å²) in [5.41, 5.74) is 9.33. The number of allylic oxidation sites excluding steroid dienone is 3. The Morgan fingerprint density at radius 1 is 1.36 bits per heavy atom. The van der Waals surface area contributed by atoms with Crippen molar-refractivity contribution in [3.05, 3.63) is 60.2 Å². The highest BCUT2D eigenvalue weighted by molar-refractivity contribution is 5.77. The van der Waals surface area contributed by atoms with Crippen molar-refractivity contribution >= 4 is 11.6 Å². The number of nitrogens with zero attached hydrogens (tertiary/aromatic N) is 2. The summed E-state index contributed by atoms with van der Waals surface area (Å²) in [6.07, 6.45) is 13.0. The molecule has 1 aliphatic rings. The third kappa shape index (κ3) is 5.72. The minimum atomic E-state index is -0.108. The zero-order chi connectivity index (χ0) is 20.6. The van der Waals surface area contributed by atoms with Crippen LogP contribution in [0, 0.1) is 5.41 Å². The van der Waals surface area contributed by atoms with Gasteiger partial charge in [-0.2, -0.15) is 0 Å². The lowest BCUT2D eigenvalue weighted by Gasteiger charge is -2.28. The molecule has 2 amide bonds. The molecule has 0 aliphatic carbocycles. The van der Waals surface area contributed by atoms with E-state index in [0.29, 0.717) is 11.4 Å². The second-order valence-corrected chi connectivity index (χ2v) is 7.79. The van der Waals surface area contributed by atoms with E-state index in [-0.39, 0.29) is 11.4 Å². The molecule has 1 aliphatic heterocycles. The Labute approximate surface area is 169 Å². The van der Waals surface area contributed by atoms with Crippen LogP contribution in [-0.4, -0.2) is 29.0 Å². The number of rotatable bonds is 8. The number of carbonyl (C=O) groups excluding carboxylic acids is 1. The van der Waals surface area contributed by atoms with E-state index in [1.807, 2.05) is 30.0 Å². The lowest BCUT2D eigenvalue weighted by Crippen LogP contribution is -2.40. The predicted octanol–water partition coefficient (Wildman–Crippen LogP) is 4.84. The van der Waals surface area contributed by atoms with E-state index in [1.165, 1.54) is 12.8 Å². The molecule has 0 atom stereocenters. The molecule has 0 saturated carbocycles. The minimum absolute atomic E-state index is 0.108. The van der Waals surface area contributed by atoms with Gasteiger partial charge in [-0.1, -0.05) is 45.4 Å². The maximum absolute atomic E-state index is 12.7. The summed E-state index contributed by atoms with van der Waals surface area (Å²) in [6.45, 7) is 12.0. The number of carbonyl (C=O) groups is 1. The van der Waals surface area contributed by atoms with Crippen LogP contribution in [0.5, 0.6) is 0 Å². The Bertz CT molecular complexity index is 730. The molecule has 0 unspecified atom stereocenters. The molecule has 3 N–H and O–H groups in total. The Kier molecular flexibility index (Phi) is 7.85. The number of aromatic nitrogens is 1. The average Bonchev–Trinajstić information content (AvgIpc) is 3.11. The molecule has 0 spiro atoms. The van der Waals surface area contributed by atoms with Gasteiger partial charge in [0, 0.05) is 25.5 Å². The molecule has 28 heavy (non-hydrogen) atoms. The van der Waals surface area contributed by atoms with Gasteiger partial charge in [-0.15, -0.1) is 0 Å². The molecule has 1 aromatic heterocycles. The number of urea groups is 1. The molecule has 5 nitrogen and oxygen atoms in total. The topological polar surface area (TPSA) is 71.2 Å². The van der Waals surface area contributed by atoms with Crippen molar-refractivity contribution in [3.63, 3.8) is 0 Å². The highest BCUT2D eigenvalue weighted by Gasteiger charge is 2.38. The molecule has 5 heteroatoms. The number of nitrogens with one attached hydrogen (secondary N) is 1. The Morgan fingerprint density at radius 3 is 2.68 bits per heavy atom. The van der Waals surface area contributed by atoms with E-state index in [1.54, 1.807) is 18.5 Å². The predicted molar refractivity (Wildman–Crippen MR) is 116 cm³/mol. The highest BCUT2D eigenvalue weighted by Crippen LogP contribution is 2.39. The van der Waals surface area contributed by atoms with Crippen molar-refractivity contribution in [3.8, 4) is 0 Å². The van der Waals surface area contributed by atoms with Gasteiger partial charge in [0.05, 0.1) is 11.4 Å². The van der Waals surface area contributed by atoms with Gasteiger partial charge in [-0.3, -0.25) is 4.98 Å². The van der Waals surface area contributed by atoms with E-state index in [9.17, 15) is 4.79 Å². The fourth-order valence-electron chi connectivity index (χ4n) is 3.99. The molecule has 0 bridgehead atoms. The summed E-state index contributed by atoms with van der Waals surface area (Å²) in [5, 5.41) is 2.86. The number of hydrogen-bond acceptors (Lipinski definition) is 3. The first-order chi connectivity index (χ1) is 13.4. The van der Waals surface area contributed by atoms with E-state index in [0.717, 1.165) is 43.5 Å². The first-order valence-corrected chi connectivity index (χ1v) is 10.2. The second kappa shape index (κ2) is 10.1. The molecular formula is C23H34N4O. The minimum Gasteiger partial charge on any atom is -0.397 e. The van der Waals surface area contributed by atoms with E-state index < -0.39 is 0 Å². The molecule has 1 aromatic rings. The summed E-state index contributed by atoms with van der Waals surface area (Å²) < 4.78 is 0. The summed E-state index contributed by atoms with van der Waals surface area (Å²) in [6, 6.07) is 3.78. The standard InChI is InChI=1S/C23H34N4O/c1-5-11-23(12-6-2)13-15-27(17-23)22(28)26-19(4)21(24)10-9-18(3)20-8-7-14-25-16-20/h7-10,14,16H,4-6,11-13,15,17,24H2,1-3H3,(H,26,28)/b18-9+,21-10+. The largest absolute Gasteiger partial charge is 0.397 e. The van der Waals surface area contributed by atoms with Crippen LogP contribution in [0.1, 0.15) is 58.4 Å². The lowest BCUT2D eigenvalue weighted by molar-refractivity contribution is 0.194. The first-order valence-electron chi connectivity index (χ1n) is 10.2. The Balaban J connectivity index is 1.95. The molecule has 0 aromatic carbocycles. The third-order valence-electron chi connectivity index (χ3n) is 5.52. The normalized spacial score (nSPS) is 16.9. The molecule has 152 valence electrons. The highest BCUT2D eigenvalue weighted by atomic mass is 16.2. The smallest absolute Gasteiger partial charge is 0.321 e. The zero-order valence-electron chi connectivity index (χ0n) is 17.5. The van der Waals surface area contributed by atoms with Crippen molar-refractivity contribution < 1.29 is 4.79 Å². The number of likely N-dealkylation sites (tertiary alicyclic amines) is 1. The zero-order valence-corrected chi connectivity index (χ0v) is 17.5. The van der Waals surface area contributed by atoms with Crippen LogP contribution in [0.15, 0.2) is 54.7 Å². The van der Waals surface area contributed by atoms with Crippen LogP contribution in [-0.2, 0) is 0 Å². The van der Waals surface area contributed by atoms with Crippen molar-refractivity contribution in [2.24, 2.45) is 11.1 Å². The number of amides is 2. The van der Waals surface area contributed by atoms with E-state index in [2.05, 4.69) is 30.7 Å². The quantitative estimate of drug-likeness (QED) is 0.632. The monoisotopic (exact) mass is 382 g/mol. The molecule has 2 rings (SSSR count). The first kappa shape index (κ1) is 21.7. The molecule has 1 fully saturated rings. The summed E-state index contributed by atoms with van der Waals surface area (Å²) in [5.74, 6) is 0. The molecule has 0 radical (unpaired) electrons. The molecule has 1 saturated heterocycles. The maximum atomic E-state index is 12.7. The molecular weight excluding hydrogens is 348 g/mol. The van der Waals surface area contributed by atoms with Crippen LogP contribution in [0.4, 0.5) is 4.79 Å². The Morgan fingerprint density at radius 2 is 2.07 bits per heavy atom. The lowest BCUT2D eigenvalue weighted by atomic mass is 9.79.